The van der Waals surface area contributed by atoms with Crippen molar-refractivity contribution in [3.63, 3.8) is 0 Å². The molecule has 0 saturated carbocycles. The maximum atomic E-state index is 11.2. The molecule has 0 aliphatic heterocycles. The van der Waals surface area contributed by atoms with Crippen molar-refractivity contribution in [1.82, 2.24) is 0 Å². The molecule has 6 heteroatoms. The standard InChI is InChI=1S/C12H15NO4S/c1-8(13(15)16)12(18-9(2)14)10-4-6-11(17-3)7-5-10/h4-8,12H,1-3H3/t8-,12-/m1/s1. The van der Waals surface area contributed by atoms with E-state index in [4.69, 9.17) is 4.74 Å². The van der Waals surface area contributed by atoms with E-state index in [1.54, 1.807) is 31.4 Å². The lowest BCUT2D eigenvalue weighted by Crippen LogP contribution is -2.23. The van der Waals surface area contributed by atoms with Gasteiger partial charge in [-0.2, -0.15) is 0 Å². The van der Waals surface area contributed by atoms with Gasteiger partial charge in [-0.25, -0.2) is 0 Å². The molecule has 0 aliphatic carbocycles. The number of nitro groups is 1. The first-order valence-corrected chi connectivity index (χ1v) is 6.28. The summed E-state index contributed by atoms with van der Waals surface area (Å²) in [7, 11) is 1.55. The Bertz CT molecular complexity index is 432. The number of hydrogen-bond donors (Lipinski definition) is 0. The van der Waals surface area contributed by atoms with Crippen LogP contribution in [0.25, 0.3) is 0 Å². The fourth-order valence-corrected chi connectivity index (χ4v) is 2.48. The van der Waals surface area contributed by atoms with E-state index in [1.807, 2.05) is 0 Å². The molecule has 1 rings (SSSR count). The van der Waals surface area contributed by atoms with Crippen molar-refractivity contribution < 1.29 is 14.5 Å². The number of rotatable bonds is 5. The maximum absolute atomic E-state index is 11.2. The first-order chi connectivity index (χ1) is 8.45. The molecule has 0 heterocycles. The minimum atomic E-state index is -0.827. The molecule has 5 nitrogen and oxygen atoms in total. The molecule has 1 aromatic rings. The molecule has 0 bridgehead atoms. The van der Waals surface area contributed by atoms with Crippen LogP contribution in [0.1, 0.15) is 24.7 Å². The Hall–Kier alpha value is -1.56. The Morgan fingerprint density at radius 2 is 1.94 bits per heavy atom. The number of benzene rings is 1. The van der Waals surface area contributed by atoms with E-state index in [-0.39, 0.29) is 10.0 Å². The fraction of sp³-hybridized carbons (Fsp3) is 0.417. The third kappa shape index (κ3) is 3.73. The highest BCUT2D eigenvalue weighted by molar-refractivity contribution is 8.13. The molecule has 0 spiro atoms. The Morgan fingerprint density at radius 3 is 2.33 bits per heavy atom. The first kappa shape index (κ1) is 14.5. The van der Waals surface area contributed by atoms with Crippen LogP contribution in [0.4, 0.5) is 0 Å². The average molecular weight is 269 g/mol. The summed E-state index contributed by atoms with van der Waals surface area (Å²) in [5.41, 5.74) is 0.750. The van der Waals surface area contributed by atoms with Crippen molar-refractivity contribution in [2.45, 2.75) is 25.1 Å². The molecule has 1 aromatic carbocycles. The summed E-state index contributed by atoms with van der Waals surface area (Å²) in [5, 5.41) is 10.3. The number of thioether (sulfide) groups is 1. The summed E-state index contributed by atoms with van der Waals surface area (Å²) in [5.74, 6) is 0.680. The summed E-state index contributed by atoms with van der Waals surface area (Å²) in [6.07, 6.45) is 0. The van der Waals surface area contributed by atoms with Gasteiger partial charge in [0.05, 0.1) is 7.11 Å². The molecule has 0 N–H and O–H groups in total. The van der Waals surface area contributed by atoms with Crippen molar-refractivity contribution in [2.24, 2.45) is 0 Å². The van der Waals surface area contributed by atoms with Gasteiger partial charge in [0.2, 0.25) is 6.04 Å². The van der Waals surface area contributed by atoms with E-state index in [0.29, 0.717) is 5.75 Å². The number of methoxy groups -OCH3 is 1. The normalized spacial score (nSPS) is 13.7. The molecule has 0 aromatic heterocycles. The van der Waals surface area contributed by atoms with Crippen LogP contribution in [-0.4, -0.2) is 23.2 Å². The van der Waals surface area contributed by atoms with Crippen LogP contribution in [0.15, 0.2) is 24.3 Å². The van der Waals surface area contributed by atoms with Gasteiger partial charge in [-0.15, -0.1) is 0 Å². The Kier molecular flexibility index (Phi) is 5.15. The third-order valence-corrected chi connectivity index (χ3v) is 3.76. The van der Waals surface area contributed by atoms with Gasteiger partial charge < -0.3 is 4.74 Å². The summed E-state index contributed by atoms with van der Waals surface area (Å²) < 4.78 is 5.03. The van der Waals surface area contributed by atoms with E-state index >= 15 is 0 Å². The van der Waals surface area contributed by atoms with Gasteiger partial charge in [0, 0.05) is 18.8 Å². The van der Waals surface area contributed by atoms with Crippen molar-refractivity contribution in [2.75, 3.05) is 7.11 Å². The zero-order valence-corrected chi connectivity index (χ0v) is 11.3. The second-order valence-electron chi connectivity index (χ2n) is 3.83. The maximum Gasteiger partial charge on any atom is 0.226 e. The Labute approximate surface area is 110 Å². The molecule has 0 aliphatic rings. The van der Waals surface area contributed by atoms with Gasteiger partial charge in [0.1, 0.15) is 11.0 Å². The first-order valence-electron chi connectivity index (χ1n) is 5.40. The van der Waals surface area contributed by atoms with Gasteiger partial charge in [0.25, 0.3) is 0 Å². The van der Waals surface area contributed by atoms with Crippen LogP contribution in [0.5, 0.6) is 5.75 Å². The molecular formula is C12H15NO4S. The quantitative estimate of drug-likeness (QED) is 0.607. The van der Waals surface area contributed by atoms with Gasteiger partial charge in [-0.05, 0) is 17.7 Å². The smallest absolute Gasteiger partial charge is 0.226 e. The highest BCUT2D eigenvalue weighted by atomic mass is 32.2. The molecule has 0 saturated heterocycles. The third-order valence-electron chi connectivity index (χ3n) is 2.51. The number of nitrogens with zero attached hydrogens (tertiary/aromatic N) is 1. The number of ether oxygens (including phenoxy) is 1. The van der Waals surface area contributed by atoms with Crippen molar-refractivity contribution in [1.29, 1.82) is 0 Å². The second-order valence-corrected chi connectivity index (χ2v) is 5.15. The lowest BCUT2D eigenvalue weighted by Gasteiger charge is -2.17. The lowest BCUT2D eigenvalue weighted by molar-refractivity contribution is -0.518. The monoisotopic (exact) mass is 269 g/mol. The van der Waals surface area contributed by atoms with Gasteiger partial charge in [0.15, 0.2) is 5.12 Å². The molecule has 0 amide bonds. The number of hydrogen-bond acceptors (Lipinski definition) is 5. The topological polar surface area (TPSA) is 69.4 Å². The number of carbonyl (C=O) groups excluding carboxylic acids is 1. The highest BCUT2D eigenvalue weighted by Crippen LogP contribution is 2.34. The van der Waals surface area contributed by atoms with E-state index in [2.05, 4.69) is 0 Å². The molecule has 0 unspecified atom stereocenters. The van der Waals surface area contributed by atoms with Gasteiger partial charge >= 0.3 is 0 Å². The molecule has 0 radical (unpaired) electrons. The molecule has 2 atom stereocenters. The van der Waals surface area contributed by atoms with Crippen LogP contribution in [0, 0.1) is 10.1 Å². The summed E-state index contributed by atoms with van der Waals surface area (Å²) in [4.78, 5) is 21.7. The molecule has 0 fully saturated rings. The van der Waals surface area contributed by atoms with Crippen LogP contribution < -0.4 is 4.74 Å². The SMILES string of the molecule is COc1ccc([C@H](SC(C)=O)[C@@H](C)[N+](=O)[O-])cc1. The largest absolute Gasteiger partial charge is 0.497 e. The number of carbonyl (C=O) groups is 1. The van der Waals surface area contributed by atoms with Gasteiger partial charge in [-0.1, -0.05) is 23.9 Å². The van der Waals surface area contributed by atoms with Gasteiger partial charge in [-0.3, -0.25) is 14.9 Å². The van der Waals surface area contributed by atoms with E-state index in [0.717, 1.165) is 17.3 Å². The molecular weight excluding hydrogens is 254 g/mol. The molecule has 98 valence electrons. The summed E-state index contributed by atoms with van der Waals surface area (Å²) >= 11 is 0.981. The lowest BCUT2D eigenvalue weighted by atomic mass is 10.1. The molecule has 18 heavy (non-hydrogen) atoms. The van der Waals surface area contributed by atoms with Crippen molar-refractivity contribution in [3.8, 4) is 5.75 Å². The summed E-state index contributed by atoms with van der Waals surface area (Å²) in [6.45, 7) is 2.92. The van der Waals surface area contributed by atoms with E-state index in [1.165, 1.54) is 13.8 Å². The summed E-state index contributed by atoms with van der Waals surface area (Å²) in [6, 6.07) is 6.14. The van der Waals surface area contributed by atoms with Crippen LogP contribution in [-0.2, 0) is 4.79 Å². The van der Waals surface area contributed by atoms with E-state index < -0.39 is 11.3 Å². The van der Waals surface area contributed by atoms with Crippen LogP contribution in [0.2, 0.25) is 0 Å². The van der Waals surface area contributed by atoms with Crippen LogP contribution >= 0.6 is 11.8 Å². The van der Waals surface area contributed by atoms with Crippen molar-refractivity contribution in [3.05, 3.63) is 39.9 Å². The minimum Gasteiger partial charge on any atom is -0.497 e. The highest BCUT2D eigenvalue weighted by Gasteiger charge is 2.30. The average Bonchev–Trinajstić information content (AvgIpc) is 2.35. The second kappa shape index (κ2) is 6.39. The fourth-order valence-electron chi connectivity index (χ4n) is 1.53. The zero-order valence-electron chi connectivity index (χ0n) is 10.5. The Morgan fingerprint density at radius 1 is 1.39 bits per heavy atom. The van der Waals surface area contributed by atoms with E-state index in [9.17, 15) is 14.9 Å². The predicted octanol–water partition coefficient (Wildman–Crippen LogP) is 2.68. The Balaban J connectivity index is 3.00. The zero-order chi connectivity index (χ0) is 13.7. The predicted molar refractivity (Wildman–Crippen MR) is 70.5 cm³/mol. The van der Waals surface area contributed by atoms with Crippen LogP contribution in [0.3, 0.4) is 0 Å². The minimum absolute atomic E-state index is 0.135. The van der Waals surface area contributed by atoms with Crippen molar-refractivity contribution >= 4 is 16.9 Å².